The zero-order valence-electron chi connectivity index (χ0n) is 10.5. The number of aryl methyl sites for hydroxylation is 1. The Hall–Kier alpha value is -1.12. The van der Waals surface area contributed by atoms with E-state index in [4.69, 9.17) is 0 Å². The van der Waals surface area contributed by atoms with E-state index in [1.54, 1.807) is 6.33 Å². The van der Waals surface area contributed by atoms with Crippen LogP contribution in [0.1, 0.15) is 51.8 Å². The van der Waals surface area contributed by atoms with E-state index in [1.807, 2.05) is 11.6 Å². The molecule has 3 heteroatoms. The van der Waals surface area contributed by atoms with Gasteiger partial charge < -0.3 is 4.57 Å². The Morgan fingerprint density at radius 2 is 1.87 bits per heavy atom. The molecule has 1 rings (SSSR count). The van der Waals surface area contributed by atoms with Crippen molar-refractivity contribution in [3.05, 3.63) is 27.9 Å². The van der Waals surface area contributed by atoms with Gasteiger partial charge in [0.2, 0.25) is 0 Å². The topological polar surface area (TPSA) is 34.9 Å². The average Bonchev–Trinajstić information content (AvgIpc) is 2.05. The molecule has 0 amide bonds. The van der Waals surface area contributed by atoms with Gasteiger partial charge in [-0.1, -0.05) is 34.6 Å². The summed E-state index contributed by atoms with van der Waals surface area (Å²) in [4.78, 5) is 15.7. The zero-order valence-corrected chi connectivity index (χ0v) is 10.5. The summed E-state index contributed by atoms with van der Waals surface area (Å²) in [6.07, 6.45) is 1.60. The van der Waals surface area contributed by atoms with Crippen LogP contribution in [0.4, 0.5) is 0 Å². The molecule has 1 aromatic heterocycles. The minimum absolute atomic E-state index is 0.0932. The molecular formula is C12H20N2O. The van der Waals surface area contributed by atoms with Crippen LogP contribution in [0.15, 0.2) is 11.1 Å². The van der Waals surface area contributed by atoms with E-state index in [1.165, 1.54) is 0 Å². The van der Waals surface area contributed by atoms with Crippen molar-refractivity contribution in [2.24, 2.45) is 7.05 Å². The van der Waals surface area contributed by atoms with Gasteiger partial charge in [0.05, 0.1) is 6.33 Å². The molecule has 0 bridgehead atoms. The molecule has 1 aromatic rings. The Morgan fingerprint density at radius 3 is 2.20 bits per heavy atom. The van der Waals surface area contributed by atoms with Crippen molar-refractivity contribution in [2.75, 3.05) is 0 Å². The summed E-state index contributed by atoms with van der Waals surface area (Å²) in [5.74, 6) is 0.333. The van der Waals surface area contributed by atoms with Crippen molar-refractivity contribution in [3.8, 4) is 0 Å². The smallest absolute Gasteiger partial charge is 0.276 e. The normalized spacial score (nSPS) is 12.2. The molecule has 0 N–H and O–H groups in total. The predicted molar refractivity (Wildman–Crippen MR) is 62.3 cm³/mol. The second-order valence-corrected chi connectivity index (χ2v) is 5.33. The van der Waals surface area contributed by atoms with E-state index in [0.717, 1.165) is 11.3 Å². The van der Waals surface area contributed by atoms with E-state index < -0.39 is 0 Å². The highest BCUT2D eigenvalue weighted by molar-refractivity contribution is 5.27. The van der Waals surface area contributed by atoms with Gasteiger partial charge >= 0.3 is 0 Å². The Morgan fingerprint density at radius 1 is 1.33 bits per heavy atom. The van der Waals surface area contributed by atoms with E-state index in [2.05, 4.69) is 39.6 Å². The quantitative estimate of drug-likeness (QED) is 0.709. The minimum Gasteiger partial charge on any atom is -0.338 e. The van der Waals surface area contributed by atoms with E-state index >= 15 is 0 Å². The highest BCUT2D eigenvalue weighted by Gasteiger charge is 2.24. The van der Waals surface area contributed by atoms with Crippen LogP contribution >= 0.6 is 0 Å². The van der Waals surface area contributed by atoms with Crippen LogP contribution in [-0.4, -0.2) is 9.55 Å². The molecule has 0 saturated carbocycles. The summed E-state index contributed by atoms with van der Waals surface area (Å²) in [6.45, 7) is 10.4. The van der Waals surface area contributed by atoms with Crippen molar-refractivity contribution in [3.63, 3.8) is 0 Å². The molecule has 0 aliphatic heterocycles. The Bertz CT molecular complexity index is 411. The van der Waals surface area contributed by atoms with Crippen LogP contribution in [0.25, 0.3) is 0 Å². The third-order valence-electron chi connectivity index (χ3n) is 2.50. The fourth-order valence-corrected chi connectivity index (χ4v) is 1.95. The lowest BCUT2D eigenvalue weighted by atomic mass is 9.84. The summed E-state index contributed by atoms with van der Waals surface area (Å²) in [7, 11) is 1.94. The second-order valence-electron chi connectivity index (χ2n) is 5.33. The highest BCUT2D eigenvalue weighted by Crippen LogP contribution is 2.26. The molecule has 1 heterocycles. The molecule has 0 unspecified atom stereocenters. The van der Waals surface area contributed by atoms with Crippen LogP contribution in [0.2, 0.25) is 0 Å². The van der Waals surface area contributed by atoms with Gasteiger partial charge in [-0.15, -0.1) is 0 Å². The summed E-state index contributed by atoms with van der Waals surface area (Å²) >= 11 is 0. The van der Waals surface area contributed by atoms with Crippen molar-refractivity contribution >= 4 is 0 Å². The zero-order chi connectivity index (χ0) is 11.8. The molecule has 0 fully saturated rings. The first-order chi connectivity index (χ1) is 6.75. The van der Waals surface area contributed by atoms with Crippen molar-refractivity contribution < 1.29 is 0 Å². The molecule has 0 aromatic carbocycles. The molecular weight excluding hydrogens is 188 g/mol. The van der Waals surface area contributed by atoms with E-state index in [0.29, 0.717) is 5.92 Å². The summed E-state index contributed by atoms with van der Waals surface area (Å²) in [5, 5.41) is 0. The lowest BCUT2D eigenvalue weighted by Crippen LogP contribution is -2.30. The first-order valence-electron chi connectivity index (χ1n) is 5.31. The maximum Gasteiger partial charge on any atom is 0.276 e. The molecule has 3 nitrogen and oxygen atoms in total. The lowest BCUT2D eigenvalue weighted by molar-refractivity contribution is 0.543. The van der Waals surface area contributed by atoms with Crippen LogP contribution in [0, 0.1) is 0 Å². The fraction of sp³-hybridized carbons (Fsp3) is 0.667. The molecule has 84 valence electrons. The predicted octanol–water partition coefficient (Wildman–Crippen LogP) is 2.20. The molecule has 0 atom stereocenters. The van der Waals surface area contributed by atoms with Gasteiger partial charge in [-0.2, -0.15) is 4.98 Å². The van der Waals surface area contributed by atoms with Crippen LogP contribution in [0.3, 0.4) is 0 Å². The number of nitrogens with zero attached hydrogens (tertiary/aromatic N) is 2. The molecule has 0 radical (unpaired) electrons. The lowest BCUT2D eigenvalue weighted by Gasteiger charge is -2.25. The third kappa shape index (κ3) is 2.28. The van der Waals surface area contributed by atoms with E-state index in [-0.39, 0.29) is 11.0 Å². The monoisotopic (exact) mass is 208 g/mol. The van der Waals surface area contributed by atoms with Crippen molar-refractivity contribution in [1.82, 2.24) is 9.55 Å². The number of hydrogen-bond acceptors (Lipinski definition) is 2. The van der Waals surface area contributed by atoms with Gasteiger partial charge in [0, 0.05) is 18.3 Å². The minimum atomic E-state index is -0.150. The van der Waals surface area contributed by atoms with Crippen LogP contribution in [-0.2, 0) is 12.5 Å². The summed E-state index contributed by atoms with van der Waals surface area (Å²) in [5.41, 5.74) is 1.68. The van der Waals surface area contributed by atoms with Gasteiger partial charge in [-0.25, -0.2) is 0 Å². The molecule has 0 aliphatic carbocycles. The standard InChI is InChI=1S/C12H20N2O/c1-8(2)10-9(12(3,4)5)11(15)13-7-14(10)6/h7-8H,1-6H3. The van der Waals surface area contributed by atoms with Gasteiger partial charge in [-0.05, 0) is 11.3 Å². The van der Waals surface area contributed by atoms with Crippen LogP contribution < -0.4 is 5.56 Å². The average molecular weight is 208 g/mol. The first kappa shape index (κ1) is 12.0. The molecule has 15 heavy (non-hydrogen) atoms. The number of aromatic nitrogens is 2. The molecule has 0 spiro atoms. The Kier molecular flexibility index (Phi) is 3.03. The fourth-order valence-electron chi connectivity index (χ4n) is 1.95. The maximum absolute atomic E-state index is 11.8. The maximum atomic E-state index is 11.8. The second kappa shape index (κ2) is 3.80. The number of hydrogen-bond donors (Lipinski definition) is 0. The van der Waals surface area contributed by atoms with E-state index in [9.17, 15) is 4.79 Å². The Balaban J connectivity index is 3.61. The molecule has 0 saturated heterocycles. The largest absolute Gasteiger partial charge is 0.338 e. The van der Waals surface area contributed by atoms with Crippen LogP contribution in [0.5, 0.6) is 0 Å². The van der Waals surface area contributed by atoms with Gasteiger partial charge in [0.1, 0.15) is 0 Å². The molecule has 0 aliphatic rings. The number of rotatable bonds is 1. The highest BCUT2D eigenvalue weighted by atomic mass is 16.1. The summed E-state index contributed by atoms with van der Waals surface area (Å²) < 4.78 is 1.95. The SMILES string of the molecule is CC(C)c1c(C(C)(C)C)c(=O)ncn1C. The first-order valence-corrected chi connectivity index (χ1v) is 5.31. The van der Waals surface area contributed by atoms with Crippen molar-refractivity contribution in [2.45, 2.75) is 46.0 Å². The third-order valence-corrected chi connectivity index (χ3v) is 2.50. The Labute approximate surface area is 91.2 Å². The van der Waals surface area contributed by atoms with Crippen molar-refractivity contribution in [1.29, 1.82) is 0 Å². The summed E-state index contributed by atoms with van der Waals surface area (Å²) in [6, 6.07) is 0. The van der Waals surface area contributed by atoms with Gasteiger partial charge in [0.15, 0.2) is 0 Å². The van der Waals surface area contributed by atoms with Gasteiger partial charge in [0.25, 0.3) is 5.56 Å². The van der Waals surface area contributed by atoms with Gasteiger partial charge in [-0.3, -0.25) is 4.79 Å².